The first-order valence-corrected chi connectivity index (χ1v) is 9.84. The van der Waals surface area contributed by atoms with Crippen LogP contribution in [0.25, 0.3) is 10.9 Å². The van der Waals surface area contributed by atoms with Crippen LogP contribution < -0.4 is 5.73 Å². The maximum absolute atomic E-state index is 6.69. The summed E-state index contributed by atoms with van der Waals surface area (Å²) in [7, 11) is 0. The van der Waals surface area contributed by atoms with Crippen LogP contribution in [0.4, 0.5) is 0 Å². The lowest BCUT2D eigenvalue weighted by atomic mass is 9.93. The molecule has 1 atom stereocenters. The van der Waals surface area contributed by atoms with Crippen molar-refractivity contribution in [3.05, 3.63) is 89.6 Å². The lowest BCUT2D eigenvalue weighted by molar-refractivity contribution is 0.566. The first-order valence-electron chi connectivity index (χ1n) is 9.84. The second-order valence-corrected chi connectivity index (χ2v) is 8.52. The lowest BCUT2D eigenvalue weighted by Crippen LogP contribution is -2.19. The number of rotatable bonds is 5. The third kappa shape index (κ3) is 3.73. The van der Waals surface area contributed by atoms with Crippen molar-refractivity contribution in [1.29, 1.82) is 0 Å². The largest absolute Gasteiger partial charge is 0.361 e. The van der Waals surface area contributed by atoms with Crippen LogP contribution in [0.2, 0.25) is 0 Å². The fourth-order valence-corrected chi connectivity index (χ4v) is 3.62. The summed E-state index contributed by atoms with van der Waals surface area (Å²) in [4.78, 5) is 8.31. The summed E-state index contributed by atoms with van der Waals surface area (Å²) in [5.74, 6) is 0.944. The molecule has 0 bridgehead atoms. The van der Waals surface area contributed by atoms with Crippen LogP contribution in [0, 0.1) is 0 Å². The molecule has 2 aromatic carbocycles. The molecule has 4 rings (SSSR count). The topological polar surface area (TPSA) is 59.6 Å². The minimum atomic E-state index is -0.168. The number of benzene rings is 2. The van der Waals surface area contributed by atoms with Gasteiger partial charge in [-0.05, 0) is 23.6 Å². The molecule has 0 saturated carbocycles. The molecule has 3 N–H and O–H groups in total. The summed E-state index contributed by atoms with van der Waals surface area (Å²) in [6.45, 7) is 7.35. The number of aromatic amines is 1. The summed E-state index contributed by atoms with van der Waals surface area (Å²) >= 11 is 0. The number of fused-ring (bicyclic) bond motifs is 1. The molecule has 0 aliphatic rings. The molecule has 4 aromatic rings. The number of imidazole rings is 1. The minimum Gasteiger partial charge on any atom is -0.361 e. The van der Waals surface area contributed by atoms with E-state index < -0.39 is 0 Å². The third-order valence-electron chi connectivity index (χ3n) is 5.22. The van der Waals surface area contributed by atoms with E-state index in [0.717, 1.165) is 30.0 Å². The van der Waals surface area contributed by atoms with Crippen molar-refractivity contribution in [3.63, 3.8) is 0 Å². The first kappa shape index (κ1) is 18.5. The van der Waals surface area contributed by atoms with Crippen LogP contribution in [0.15, 0.2) is 67.0 Å². The van der Waals surface area contributed by atoms with E-state index in [2.05, 4.69) is 85.2 Å². The van der Waals surface area contributed by atoms with E-state index in [1.165, 1.54) is 16.5 Å². The maximum atomic E-state index is 6.69. The third-order valence-corrected chi connectivity index (χ3v) is 5.22. The van der Waals surface area contributed by atoms with Crippen LogP contribution in [0.5, 0.6) is 0 Å². The number of para-hydroxylation sites is 1. The highest BCUT2D eigenvalue weighted by Crippen LogP contribution is 2.27. The van der Waals surface area contributed by atoms with E-state index in [4.69, 9.17) is 10.7 Å². The van der Waals surface area contributed by atoms with Gasteiger partial charge >= 0.3 is 0 Å². The number of nitrogens with two attached hydrogens (primary N) is 1. The highest BCUT2D eigenvalue weighted by Gasteiger charge is 2.23. The average molecular weight is 373 g/mol. The molecular formula is C24H28N4. The zero-order chi connectivity index (χ0) is 19.7. The Morgan fingerprint density at radius 2 is 1.75 bits per heavy atom. The van der Waals surface area contributed by atoms with Crippen molar-refractivity contribution in [2.45, 2.75) is 45.2 Å². The number of nitrogens with one attached hydrogen (secondary N) is 1. The molecular weight excluding hydrogens is 344 g/mol. The van der Waals surface area contributed by atoms with Gasteiger partial charge in [-0.3, -0.25) is 0 Å². The van der Waals surface area contributed by atoms with Crippen LogP contribution >= 0.6 is 0 Å². The average Bonchev–Trinajstić information content (AvgIpc) is 3.27. The summed E-state index contributed by atoms with van der Waals surface area (Å²) in [6, 6.07) is 18.7. The van der Waals surface area contributed by atoms with Crippen LogP contribution in [0.3, 0.4) is 0 Å². The zero-order valence-electron chi connectivity index (χ0n) is 16.8. The Balaban J connectivity index is 1.67. The molecule has 0 fully saturated rings. The molecule has 4 nitrogen and oxygen atoms in total. The van der Waals surface area contributed by atoms with Crippen molar-refractivity contribution in [2.75, 3.05) is 0 Å². The van der Waals surface area contributed by atoms with Gasteiger partial charge in [0, 0.05) is 35.3 Å². The van der Waals surface area contributed by atoms with Crippen LogP contribution in [0.1, 0.15) is 49.5 Å². The van der Waals surface area contributed by atoms with Crippen LogP contribution in [-0.2, 0) is 18.4 Å². The lowest BCUT2D eigenvalue weighted by Gasteiger charge is -2.14. The Morgan fingerprint density at radius 1 is 1.04 bits per heavy atom. The van der Waals surface area contributed by atoms with Gasteiger partial charge in [-0.15, -0.1) is 0 Å². The van der Waals surface area contributed by atoms with E-state index in [1.54, 1.807) is 0 Å². The van der Waals surface area contributed by atoms with Gasteiger partial charge in [-0.1, -0.05) is 69.3 Å². The SMILES string of the molecule is CC(C)(C)c1cn(Cc2ccccc2)c([C@H](N)Cc2c[nH]c3ccccc23)n1. The zero-order valence-corrected chi connectivity index (χ0v) is 16.8. The van der Waals surface area contributed by atoms with E-state index in [1.807, 2.05) is 12.1 Å². The number of hydrogen-bond donors (Lipinski definition) is 2. The molecule has 0 unspecified atom stereocenters. The molecule has 144 valence electrons. The maximum Gasteiger partial charge on any atom is 0.126 e. The van der Waals surface area contributed by atoms with E-state index in [0.29, 0.717) is 0 Å². The Labute approximate surface area is 166 Å². The normalized spacial score (nSPS) is 13.1. The van der Waals surface area contributed by atoms with Crippen molar-refractivity contribution < 1.29 is 0 Å². The van der Waals surface area contributed by atoms with Crippen molar-refractivity contribution in [1.82, 2.24) is 14.5 Å². The van der Waals surface area contributed by atoms with Gasteiger partial charge in [0.25, 0.3) is 0 Å². The van der Waals surface area contributed by atoms with Gasteiger partial charge in [0.15, 0.2) is 0 Å². The summed E-state index contributed by atoms with van der Waals surface area (Å²) < 4.78 is 2.22. The van der Waals surface area contributed by atoms with E-state index in [9.17, 15) is 0 Å². The first-order chi connectivity index (χ1) is 13.4. The Kier molecular flexibility index (Phi) is 4.82. The fraction of sp³-hybridized carbons (Fsp3) is 0.292. The number of H-pyrrole nitrogens is 1. The summed E-state index contributed by atoms with van der Waals surface area (Å²) in [5, 5.41) is 1.23. The fourth-order valence-electron chi connectivity index (χ4n) is 3.62. The second kappa shape index (κ2) is 7.28. The highest BCUT2D eigenvalue weighted by molar-refractivity contribution is 5.83. The van der Waals surface area contributed by atoms with Gasteiger partial charge in [0.05, 0.1) is 11.7 Å². The minimum absolute atomic E-state index is 0.0167. The van der Waals surface area contributed by atoms with Crippen molar-refractivity contribution >= 4 is 10.9 Å². The predicted octanol–water partition coefficient (Wildman–Crippen LogP) is 4.95. The molecule has 2 heterocycles. The molecule has 0 radical (unpaired) electrons. The molecule has 0 amide bonds. The Hall–Kier alpha value is -2.85. The van der Waals surface area contributed by atoms with Gasteiger partial charge in [-0.2, -0.15) is 0 Å². The molecule has 28 heavy (non-hydrogen) atoms. The van der Waals surface area contributed by atoms with Gasteiger partial charge in [0.1, 0.15) is 5.82 Å². The Morgan fingerprint density at radius 3 is 2.50 bits per heavy atom. The van der Waals surface area contributed by atoms with Crippen molar-refractivity contribution in [3.8, 4) is 0 Å². The molecule has 0 saturated heterocycles. The van der Waals surface area contributed by atoms with Gasteiger partial charge in [0.2, 0.25) is 0 Å². The summed E-state index contributed by atoms with van der Waals surface area (Å²) in [6.07, 6.45) is 4.98. The number of nitrogens with zero attached hydrogens (tertiary/aromatic N) is 2. The number of aromatic nitrogens is 3. The smallest absolute Gasteiger partial charge is 0.126 e. The predicted molar refractivity (Wildman–Crippen MR) is 115 cm³/mol. The monoisotopic (exact) mass is 372 g/mol. The number of hydrogen-bond acceptors (Lipinski definition) is 2. The molecule has 2 aromatic heterocycles. The van der Waals surface area contributed by atoms with E-state index >= 15 is 0 Å². The molecule has 0 spiro atoms. The molecule has 0 aliphatic heterocycles. The molecule has 4 heteroatoms. The van der Waals surface area contributed by atoms with E-state index in [-0.39, 0.29) is 11.5 Å². The second-order valence-electron chi connectivity index (χ2n) is 8.52. The summed E-state index contributed by atoms with van der Waals surface area (Å²) in [5.41, 5.74) is 11.4. The van der Waals surface area contributed by atoms with Gasteiger partial charge < -0.3 is 15.3 Å². The van der Waals surface area contributed by atoms with Crippen molar-refractivity contribution in [2.24, 2.45) is 5.73 Å². The van der Waals surface area contributed by atoms with Gasteiger partial charge in [-0.25, -0.2) is 4.98 Å². The standard InChI is InChI=1S/C24H28N4/c1-24(2,3)22-16-28(15-17-9-5-4-6-10-17)23(27-22)20(25)13-18-14-26-21-12-8-7-11-19(18)21/h4-12,14,16,20,26H,13,15,25H2,1-3H3/t20-/m1/s1. The molecule has 0 aliphatic carbocycles. The Bertz CT molecular complexity index is 1070. The quantitative estimate of drug-likeness (QED) is 0.520. The van der Waals surface area contributed by atoms with Crippen LogP contribution in [-0.4, -0.2) is 14.5 Å². The highest BCUT2D eigenvalue weighted by atomic mass is 15.1.